The predicted molar refractivity (Wildman–Crippen MR) is 72.8 cm³/mol. The Labute approximate surface area is 112 Å². The van der Waals surface area contributed by atoms with Crippen LogP contribution < -0.4 is 5.32 Å². The van der Waals surface area contributed by atoms with Gasteiger partial charge < -0.3 is 5.32 Å². The Bertz CT molecular complexity index is 513. The molecule has 2 aromatic rings. The number of rotatable bonds is 4. The van der Waals surface area contributed by atoms with Gasteiger partial charge in [0.2, 0.25) is 0 Å². The zero-order chi connectivity index (χ0) is 12.3. The number of nitrogens with one attached hydrogen (secondary N) is 1. The average Bonchev–Trinajstić information content (AvgIpc) is 2.75. The molecule has 0 fully saturated rings. The first-order chi connectivity index (χ1) is 8.20. The lowest BCUT2D eigenvalue weighted by Gasteiger charge is -1.99. The third-order valence-corrected chi connectivity index (χ3v) is 3.75. The first kappa shape index (κ1) is 12.7. The van der Waals surface area contributed by atoms with Gasteiger partial charge in [0, 0.05) is 28.4 Å². The summed E-state index contributed by atoms with van der Waals surface area (Å²) in [6.07, 6.45) is 0.874. The number of likely N-dealkylation sites (N-methyl/N-ethyl adjacent to an activating group) is 1. The predicted octanol–water partition coefficient (Wildman–Crippen LogP) is 3.47. The van der Waals surface area contributed by atoms with Crippen LogP contribution in [0.1, 0.15) is 5.01 Å². The van der Waals surface area contributed by atoms with Crippen LogP contribution in [0, 0.1) is 5.82 Å². The van der Waals surface area contributed by atoms with Crippen LogP contribution in [0.25, 0.3) is 11.3 Å². The second-order valence-electron chi connectivity index (χ2n) is 3.60. The monoisotopic (exact) mass is 314 g/mol. The Morgan fingerprint density at radius 1 is 1.47 bits per heavy atom. The fraction of sp³-hybridized carbons (Fsp3) is 0.250. The molecule has 0 atom stereocenters. The fourth-order valence-corrected chi connectivity index (χ4v) is 2.61. The molecule has 0 saturated heterocycles. The Morgan fingerprint density at radius 2 is 2.29 bits per heavy atom. The summed E-state index contributed by atoms with van der Waals surface area (Å²) in [5.74, 6) is -0.246. The minimum atomic E-state index is -0.246. The van der Waals surface area contributed by atoms with Crippen LogP contribution in [0.4, 0.5) is 4.39 Å². The molecular weight excluding hydrogens is 303 g/mol. The van der Waals surface area contributed by atoms with E-state index in [0.717, 1.165) is 22.4 Å². The summed E-state index contributed by atoms with van der Waals surface area (Å²) in [6, 6.07) is 5.03. The molecule has 0 unspecified atom stereocenters. The van der Waals surface area contributed by atoms with Crippen LogP contribution in [-0.2, 0) is 6.42 Å². The summed E-state index contributed by atoms with van der Waals surface area (Å²) >= 11 is 4.81. The van der Waals surface area contributed by atoms with Crippen LogP contribution in [0.5, 0.6) is 0 Å². The van der Waals surface area contributed by atoms with Gasteiger partial charge in [0.1, 0.15) is 5.82 Å². The van der Waals surface area contributed by atoms with Gasteiger partial charge in [-0.25, -0.2) is 9.37 Å². The molecule has 0 amide bonds. The summed E-state index contributed by atoms with van der Waals surface area (Å²) in [5, 5.41) is 6.00. The molecule has 1 aromatic heterocycles. The van der Waals surface area contributed by atoms with E-state index in [9.17, 15) is 4.39 Å². The van der Waals surface area contributed by atoms with Crippen LogP contribution in [0.2, 0.25) is 0 Å². The first-order valence-corrected chi connectivity index (χ1v) is 6.92. The molecule has 0 bridgehead atoms. The molecule has 2 rings (SSSR count). The Hall–Kier alpha value is -0.780. The average molecular weight is 315 g/mol. The summed E-state index contributed by atoms with van der Waals surface area (Å²) in [7, 11) is 1.91. The molecule has 1 heterocycles. The maximum atomic E-state index is 13.7. The SMILES string of the molecule is CNCCc1nc(-c2ccc(Br)cc2F)cs1. The molecular formula is C12H12BrFN2S. The molecule has 0 saturated carbocycles. The third-order valence-electron chi connectivity index (χ3n) is 2.35. The molecule has 0 spiro atoms. The number of benzene rings is 1. The van der Waals surface area contributed by atoms with E-state index in [1.54, 1.807) is 17.4 Å². The largest absolute Gasteiger partial charge is 0.319 e. The second kappa shape index (κ2) is 5.71. The van der Waals surface area contributed by atoms with Crippen molar-refractivity contribution in [3.05, 3.63) is 38.9 Å². The van der Waals surface area contributed by atoms with Crippen molar-refractivity contribution in [3.8, 4) is 11.3 Å². The van der Waals surface area contributed by atoms with Crippen molar-refractivity contribution < 1.29 is 4.39 Å². The van der Waals surface area contributed by atoms with Crippen molar-refractivity contribution in [1.82, 2.24) is 10.3 Å². The van der Waals surface area contributed by atoms with Gasteiger partial charge in [-0.2, -0.15) is 0 Å². The second-order valence-corrected chi connectivity index (χ2v) is 5.46. The molecule has 90 valence electrons. The van der Waals surface area contributed by atoms with Crippen molar-refractivity contribution in [1.29, 1.82) is 0 Å². The van der Waals surface area contributed by atoms with Gasteiger partial charge in [0.15, 0.2) is 0 Å². The highest BCUT2D eigenvalue weighted by molar-refractivity contribution is 9.10. The lowest BCUT2D eigenvalue weighted by atomic mass is 10.1. The zero-order valence-electron chi connectivity index (χ0n) is 9.34. The minimum absolute atomic E-state index is 0.246. The zero-order valence-corrected chi connectivity index (χ0v) is 11.7. The minimum Gasteiger partial charge on any atom is -0.319 e. The number of nitrogens with zero attached hydrogens (tertiary/aromatic N) is 1. The topological polar surface area (TPSA) is 24.9 Å². The van der Waals surface area contributed by atoms with E-state index < -0.39 is 0 Å². The molecule has 5 heteroatoms. The van der Waals surface area contributed by atoms with E-state index in [1.165, 1.54) is 6.07 Å². The van der Waals surface area contributed by atoms with Gasteiger partial charge in [-0.05, 0) is 25.2 Å². The van der Waals surface area contributed by atoms with Gasteiger partial charge >= 0.3 is 0 Å². The van der Waals surface area contributed by atoms with Gasteiger partial charge in [-0.3, -0.25) is 0 Å². The molecule has 1 N–H and O–H groups in total. The maximum absolute atomic E-state index is 13.7. The standard InChI is InChI=1S/C12H12BrFN2S/c1-15-5-4-12-16-11(7-17-12)9-3-2-8(13)6-10(9)14/h2-3,6-7,15H,4-5H2,1H3. The molecule has 0 aliphatic heterocycles. The summed E-state index contributed by atoms with van der Waals surface area (Å²) < 4.78 is 14.5. The van der Waals surface area contributed by atoms with Gasteiger partial charge in [0.25, 0.3) is 0 Å². The number of hydrogen-bond acceptors (Lipinski definition) is 3. The van der Waals surface area contributed by atoms with E-state index in [-0.39, 0.29) is 5.82 Å². The lowest BCUT2D eigenvalue weighted by molar-refractivity contribution is 0.630. The van der Waals surface area contributed by atoms with E-state index in [2.05, 4.69) is 26.2 Å². The van der Waals surface area contributed by atoms with Crippen LogP contribution >= 0.6 is 27.3 Å². The van der Waals surface area contributed by atoms with Crippen LogP contribution in [0.3, 0.4) is 0 Å². The van der Waals surface area contributed by atoms with Crippen molar-refractivity contribution in [2.45, 2.75) is 6.42 Å². The maximum Gasteiger partial charge on any atom is 0.133 e. The normalized spacial score (nSPS) is 10.8. The number of thiazole rings is 1. The number of hydrogen-bond donors (Lipinski definition) is 1. The van der Waals surface area contributed by atoms with E-state index >= 15 is 0 Å². The smallest absolute Gasteiger partial charge is 0.133 e. The van der Waals surface area contributed by atoms with Crippen molar-refractivity contribution >= 4 is 27.3 Å². The van der Waals surface area contributed by atoms with Gasteiger partial charge in [-0.1, -0.05) is 15.9 Å². The van der Waals surface area contributed by atoms with Gasteiger partial charge in [0.05, 0.1) is 10.7 Å². The molecule has 1 aromatic carbocycles. The summed E-state index contributed by atoms with van der Waals surface area (Å²) in [6.45, 7) is 0.885. The fourth-order valence-electron chi connectivity index (χ4n) is 1.48. The Morgan fingerprint density at radius 3 is 3.00 bits per heavy atom. The van der Waals surface area contributed by atoms with E-state index in [4.69, 9.17) is 0 Å². The van der Waals surface area contributed by atoms with Crippen molar-refractivity contribution in [2.75, 3.05) is 13.6 Å². The molecule has 0 aliphatic carbocycles. The van der Waals surface area contributed by atoms with E-state index in [1.807, 2.05) is 18.5 Å². The van der Waals surface area contributed by atoms with Crippen LogP contribution in [-0.4, -0.2) is 18.6 Å². The lowest BCUT2D eigenvalue weighted by Crippen LogP contribution is -2.09. The van der Waals surface area contributed by atoms with Crippen LogP contribution in [0.15, 0.2) is 28.1 Å². The first-order valence-electron chi connectivity index (χ1n) is 5.25. The highest BCUT2D eigenvalue weighted by Crippen LogP contribution is 2.26. The quantitative estimate of drug-likeness (QED) is 0.934. The van der Waals surface area contributed by atoms with Gasteiger partial charge in [-0.15, -0.1) is 11.3 Å². The van der Waals surface area contributed by atoms with Crippen molar-refractivity contribution in [3.63, 3.8) is 0 Å². The van der Waals surface area contributed by atoms with E-state index in [0.29, 0.717) is 11.3 Å². The van der Waals surface area contributed by atoms with Crippen molar-refractivity contribution in [2.24, 2.45) is 0 Å². The Balaban J connectivity index is 2.24. The molecule has 2 nitrogen and oxygen atoms in total. The highest BCUT2D eigenvalue weighted by atomic mass is 79.9. The summed E-state index contributed by atoms with van der Waals surface area (Å²) in [5.41, 5.74) is 1.27. The molecule has 0 radical (unpaired) electrons. The number of halogens is 2. The number of aromatic nitrogens is 1. The highest BCUT2D eigenvalue weighted by Gasteiger charge is 2.09. The molecule has 0 aliphatic rings. The molecule has 17 heavy (non-hydrogen) atoms. The Kier molecular flexibility index (Phi) is 4.25. The summed E-state index contributed by atoms with van der Waals surface area (Å²) in [4.78, 5) is 4.43. The third kappa shape index (κ3) is 3.12.